The van der Waals surface area contributed by atoms with E-state index < -0.39 is 15.8 Å². The van der Waals surface area contributed by atoms with Crippen molar-refractivity contribution in [1.29, 1.82) is 0 Å². The molecule has 1 aliphatic heterocycles. The van der Waals surface area contributed by atoms with Crippen LogP contribution in [0.5, 0.6) is 11.5 Å². The van der Waals surface area contributed by atoms with Gasteiger partial charge in [0.1, 0.15) is 27.9 Å². The predicted octanol–water partition coefficient (Wildman–Crippen LogP) is 6.76. The minimum absolute atomic E-state index is 0.0572. The molecule has 3 aromatic rings. The van der Waals surface area contributed by atoms with Gasteiger partial charge >= 0.3 is 5.97 Å². The molecule has 0 unspecified atom stereocenters. The van der Waals surface area contributed by atoms with Crippen molar-refractivity contribution in [1.82, 2.24) is 0 Å². The molecule has 216 valence electrons. The maximum Gasteiger partial charge on any atom is 0.304 e. The van der Waals surface area contributed by atoms with Gasteiger partial charge in [-0.15, -0.1) is 0 Å². The van der Waals surface area contributed by atoms with Crippen LogP contribution in [0.3, 0.4) is 0 Å². The second kappa shape index (κ2) is 12.9. The van der Waals surface area contributed by atoms with Crippen LogP contribution in [0.2, 0.25) is 0 Å². The Kier molecular flexibility index (Phi) is 9.13. The number of aryl methyl sites for hydroxylation is 2. The zero-order chi connectivity index (χ0) is 28.8. The number of allylic oxidation sites excluding steroid dienone is 2. The van der Waals surface area contributed by atoms with Gasteiger partial charge in [-0.25, -0.2) is 8.42 Å². The number of carbonyl (C=O) groups is 1. The number of fused-ring (bicyclic) bond motifs is 3. The molecule has 3 aromatic carbocycles. The summed E-state index contributed by atoms with van der Waals surface area (Å²) in [7, 11) is -2.86. The minimum atomic E-state index is -2.86. The number of carboxylic acids is 1. The van der Waals surface area contributed by atoms with Gasteiger partial charge in [0.25, 0.3) is 0 Å². The Bertz CT molecular complexity index is 1490. The average molecular weight is 575 g/mol. The first-order valence-corrected chi connectivity index (χ1v) is 16.3. The molecular weight excluding hydrogens is 536 g/mol. The number of rotatable bonds is 10. The number of benzene rings is 3. The summed E-state index contributed by atoms with van der Waals surface area (Å²) in [5.41, 5.74) is 7.12. The normalized spacial score (nSPS) is 17.3. The van der Waals surface area contributed by atoms with Gasteiger partial charge in [0.05, 0.1) is 24.5 Å². The Morgan fingerprint density at radius 2 is 1.66 bits per heavy atom. The van der Waals surface area contributed by atoms with Crippen molar-refractivity contribution >= 4 is 15.8 Å². The number of carboxylic acid groups (broad SMARTS) is 1. The van der Waals surface area contributed by atoms with E-state index in [-0.39, 0.29) is 29.8 Å². The molecule has 6 nitrogen and oxygen atoms in total. The summed E-state index contributed by atoms with van der Waals surface area (Å²) >= 11 is 0. The topological polar surface area (TPSA) is 89.9 Å². The van der Waals surface area contributed by atoms with Gasteiger partial charge in [-0.1, -0.05) is 42.5 Å². The van der Waals surface area contributed by atoms with Crippen LogP contribution >= 0.6 is 0 Å². The van der Waals surface area contributed by atoms with Crippen molar-refractivity contribution in [2.45, 2.75) is 58.0 Å². The lowest BCUT2D eigenvalue weighted by molar-refractivity contribution is -0.137. The molecule has 7 heteroatoms. The summed E-state index contributed by atoms with van der Waals surface area (Å²) < 4.78 is 35.7. The molecule has 0 spiro atoms. The quantitative estimate of drug-likeness (QED) is 0.269. The van der Waals surface area contributed by atoms with Crippen LogP contribution in [-0.4, -0.2) is 37.6 Å². The molecule has 0 aromatic heterocycles. The Balaban J connectivity index is 1.25. The van der Waals surface area contributed by atoms with Gasteiger partial charge in [-0.2, -0.15) is 0 Å². The number of aliphatic carboxylic acids is 1. The summed E-state index contributed by atoms with van der Waals surface area (Å²) in [6, 6.07) is 20.6. The molecule has 0 radical (unpaired) electrons. The largest absolute Gasteiger partial charge is 0.493 e. The first-order chi connectivity index (χ1) is 19.8. The first-order valence-electron chi connectivity index (χ1n) is 14.5. The monoisotopic (exact) mass is 574 g/mol. The van der Waals surface area contributed by atoms with Gasteiger partial charge in [0.15, 0.2) is 0 Å². The zero-order valence-electron chi connectivity index (χ0n) is 23.6. The highest BCUT2D eigenvalue weighted by atomic mass is 32.2. The van der Waals surface area contributed by atoms with Gasteiger partial charge in [-0.05, 0) is 109 Å². The van der Waals surface area contributed by atoms with Crippen LogP contribution in [0.15, 0.2) is 72.8 Å². The van der Waals surface area contributed by atoms with Crippen LogP contribution in [0.25, 0.3) is 11.1 Å². The molecule has 1 atom stereocenters. The average Bonchev–Trinajstić information content (AvgIpc) is 3.14. The minimum Gasteiger partial charge on any atom is -0.493 e. The molecule has 0 amide bonds. The maximum atomic E-state index is 11.7. The van der Waals surface area contributed by atoms with E-state index in [4.69, 9.17) is 9.47 Å². The summed E-state index contributed by atoms with van der Waals surface area (Å²) in [6.45, 7) is 2.89. The maximum absolute atomic E-state index is 11.7. The van der Waals surface area contributed by atoms with Gasteiger partial charge in [0, 0.05) is 5.92 Å². The van der Waals surface area contributed by atoms with Crippen molar-refractivity contribution in [3.8, 4) is 22.6 Å². The Labute approximate surface area is 242 Å². The van der Waals surface area contributed by atoms with E-state index in [0.717, 1.165) is 41.9 Å². The van der Waals surface area contributed by atoms with Crippen LogP contribution in [0, 0.1) is 5.92 Å². The van der Waals surface area contributed by atoms with E-state index in [1.54, 1.807) is 0 Å². The molecule has 5 rings (SSSR count). The third kappa shape index (κ3) is 7.59. The number of sulfone groups is 1. The third-order valence-electron chi connectivity index (χ3n) is 8.13. The highest BCUT2D eigenvalue weighted by Gasteiger charge is 2.24. The van der Waals surface area contributed by atoms with Crippen molar-refractivity contribution in [2.75, 3.05) is 18.1 Å². The lowest BCUT2D eigenvalue weighted by Crippen LogP contribution is -2.26. The number of ether oxygens (including phenoxy) is 2. The van der Waals surface area contributed by atoms with Crippen LogP contribution in [0.4, 0.5) is 0 Å². The Morgan fingerprint density at radius 3 is 2.39 bits per heavy atom. The SMILES string of the molecule is CC=C[C@@H](CC(=O)O)c1ccc(OCc2ccc3c(c2)-c2ccc(OCC4CCS(=O)(=O)CC4)cc2CCC3)cc1. The lowest BCUT2D eigenvalue weighted by Gasteiger charge is -2.22. The number of hydrogen-bond donors (Lipinski definition) is 1. The summed E-state index contributed by atoms with van der Waals surface area (Å²) in [6.07, 6.45) is 8.28. The predicted molar refractivity (Wildman–Crippen MR) is 161 cm³/mol. The van der Waals surface area contributed by atoms with Gasteiger partial charge in [0.2, 0.25) is 0 Å². The molecule has 1 fully saturated rings. The van der Waals surface area contributed by atoms with Gasteiger partial charge < -0.3 is 14.6 Å². The molecule has 2 aliphatic rings. The fourth-order valence-electron chi connectivity index (χ4n) is 5.80. The van der Waals surface area contributed by atoms with Crippen molar-refractivity contribution < 1.29 is 27.8 Å². The van der Waals surface area contributed by atoms with Crippen LogP contribution in [-0.2, 0) is 34.1 Å². The van der Waals surface area contributed by atoms with E-state index in [1.807, 2.05) is 49.4 Å². The van der Waals surface area contributed by atoms with Crippen molar-refractivity contribution in [3.63, 3.8) is 0 Å². The van der Waals surface area contributed by atoms with Crippen molar-refractivity contribution in [3.05, 3.63) is 95.1 Å². The summed E-state index contributed by atoms with van der Waals surface area (Å²) in [4.78, 5) is 11.2. The smallest absolute Gasteiger partial charge is 0.304 e. The summed E-state index contributed by atoms with van der Waals surface area (Å²) in [5, 5.41) is 9.22. The lowest BCUT2D eigenvalue weighted by atomic mass is 9.94. The van der Waals surface area contributed by atoms with Crippen LogP contribution < -0.4 is 9.47 Å². The van der Waals surface area contributed by atoms with E-state index in [1.165, 1.54) is 22.3 Å². The van der Waals surface area contributed by atoms with Gasteiger partial charge in [-0.3, -0.25) is 4.79 Å². The molecule has 0 bridgehead atoms. The van der Waals surface area contributed by atoms with E-state index >= 15 is 0 Å². The molecule has 1 saturated heterocycles. The molecule has 1 aliphatic carbocycles. The molecule has 1 heterocycles. The van der Waals surface area contributed by atoms with Crippen LogP contribution in [0.1, 0.15) is 60.8 Å². The van der Waals surface area contributed by atoms with E-state index in [2.05, 4.69) is 30.3 Å². The Morgan fingerprint density at radius 1 is 0.927 bits per heavy atom. The molecule has 41 heavy (non-hydrogen) atoms. The third-order valence-corrected chi connectivity index (χ3v) is 9.84. The first kappa shape index (κ1) is 28.9. The Hall–Kier alpha value is -3.58. The number of hydrogen-bond acceptors (Lipinski definition) is 5. The summed E-state index contributed by atoms with van der Waals surface area (Å²) in [5.74, 6) is 1.44. The molecule has 0 saturated carbocycles. The van der Waals surface area contributed by atoms with Crippen molar-refractivity contribution in [2.24, 2.45) is 5.92 Å². The van der Waals surface area contributed by atoms with E-state index in [9.17, 15) is 18.3 Å². The standard InChI is InChI=1S/C34H38O6S/c1-2-4-28(21-34(35)36)26-9-11-30(12-10-26)39-23-25-7-8-27-5-3-6-29-20-31(13-14-32(29)33(27)19-25)40-22-24-15-17-41(37,38)18-16-24/h2,4,7-14,19-20,24,28H,3,5-6,15-18,21-23H2,1H3,(H,35,36)/t28-/m0/s1. The second-order valence-corrected chi connectivity index (χ2v) is 13.5. The molecule has 1 N–H and O–H groups in total. The zero-order valence-corrected chi connectivity index (χ0v) is 24.4. The highest BCUT2D eigenvalue weighted by molar-refractivity contribution is 7.91. The van der Waals surface area contributed by atoms with E-state index in [0.29, 0.717) is 26.1 Å². The molecular formula is C34H38O6S. The highest BCUT2D eigenvalue weighted by Crippen LogP contribution is 2.36. The second-order valence-electron chi connectivity index (χ2n) is 11.2. The fourth-order valence-corrected chi connectivity index (χ4v) is 7.38. The fraction of sp³-hybridized carbons (Fsp3) is 0.382.